The van der Waals surface area contributed by atoms with E-state index in [0.717, 1.165) is 0 Å². The lowest BCUT2D eigenvalue weighted by Gasteiger charge is -2.29. The number of carbonyl (C=O) groups is 4. The number of rotatable bonds is 3. The van der Waals surface area contributed by atoms with Gasteiger partial charge < -0.3 is 20.1 Å². The van der Waals surface area contributed by atoms with E-state index in [0.29, 0.717) is 16.7 Å². The van der Waals surface area contributed by atoms with Gasteiger partial charge in [-0.05, 0) is 33.3 Å². The van der Waals surface area contributed by atoms with E-state index in [-0.39, 0.29) is 43.5 Å². The molecule has 1 saturated heterocycles. The number of phenols is 1. The number of nitrogens with zero attached hydrogens (tertiary/aromatic N) is 1. The summed E-state index contributed by atoms with van der Waals surface area (Å²) in [5.74, 6) is -1.34. The van der Waals surface area contributed by atoms with Gasteiger partial charge >= 0.3 is 6.09 Å². The molecule has 0 spiro atoms. The van der Waals surface area contributed by atoms with Crippen LogP contribution < -0.4 is 10.6 Å². The van der Waals surface area contributed by atoms with Crippen LogP contribution >= 0.6 is 0 Å². The second-order valence-corrected chi connectivity index (χ2v) is 7.85. The standard InChI is InChI=1S/C19H23N3O6/c1-19(2,3)28-18(27)20-8-10-4-5-11-12(15(10)24)9-22(17(11)26)13-6-7-14(23)21-16(13)25/h4-5,13,24H,6-9H2,1-3H3,(H,20,27)(H,21,23,25). The van der Waals surface area contributed by atoms with Crippen LogP contribution in [0.25, 0.3) is 0 Å². The van der Waals surface area contributed by atoms with E-state index in [4.69, 9.17) is 4.74 Å². The molecule has 3 rings (SSSR count). The largest absolute Gasteiger partial charge is 0.507 e. The zero-order valence-corrected chi connectivity index (χ0v) is 16.0. The molecule has 1 unspecified atom stereocenters. The topological polar surface area (TPSA) is 125 Å². The molecule has 2 aliphatic heterocycles. The third-order valence-corrected chi connectivity index (χ3v) is 4.59. The van der Waals surface area contributed by atoms with E-state index in [1.165, 1.54) is 4.90 Å². The summed E-state index contributed by atoms with van der Waals surface area (Å²) in [6.07, 6.45) is -0.208. The van der Waals surface area contributed by atoms with Crippen LogP contribution in [0, 0.1) is 0 Å². The van der Waals surface area contributed by atoms with Crippen LogP contribution in [0.3, 0.4) is 0 Å². The van der Waals surface area contributed by atoms with Crippen LogP contribution in [0.1, 0.15) is 55.1 Å². The molecule has 1 atom stereocenters. The maximum atomic E-state index is 12.7. The minimum atomic E-state index is -0.750. The number of hydrogen-bond acceptors (Lipinski definition) is 6. The van der Waals surface area contributed by atoms with Crippen molar-refractivity contribution in [3.63, 3.8) is 0 Å². The highest BCUT2D eigenvalue weighted by Gasteiger charge is 2.40. The van der Waals surface area contributed by atoms with Crippen molar-refractivity contribution in [2.24, 2.45) is 0 Å². The lowest BCUT2D eigenvalue weighted by Crippen LogP contribution is -2.52. The first kappa shape index (κ1) is 19.7. The molecule has 1 aromatic carbocycles. The molecular weight excluding hydrogens is 366 g/mol. The number of aromatic hydroxyl groups is 1. The normalized spacial score (nSPS) is 19.3. The highest BCUT2D eigenvalue weighted by molar-refractivity contribution is 6.05. The number of ether oxygens (including phenoxy) is 1. The van der Waals surface area contributed by atoms with Gasteiger partial charge in [0.15, 0.2) is 0 Å². The number of piperidine rings is 1. The Balaban J connectivity index is 1.73. The quantitative estimate of drug-likeness (QED) is 0.667. The van der Waals surface area contributed by atoms with E-state index in [2.05, 4.69) is 10.6 Å². The van der Waals surface area contributed by atoms with Crippen molar-refractivity contribution in [3.8, 4) is 5.75 Å². The molecule has 0 bridgehead atoms. The summed E-state index contributed by atoms with van der Waals surface area (Å²) in [6, 6.07) is 2.37. The zero-order valence-electron chi connectivity index (χ0n) is 16.0. The third kappa shape index (κ3) is 3.92. The molecule has 3 N–H and O–H groups in total. The summed E-state index contributed by atoms with van der Waals surface area (Å²) in [7, 11) is 0. The fourth-order valence-electron chi connectivity index (χ4n) is 3.30. The van der Waals surface area contributed by atoms with Gasteiger partial charge in [-0.25, -0.2) is 4.79 Å². The predicted molar refractivity (Wildman–Crippen MR) is 97.2 cm³/mol. The van der Waals surface area contributed by atoms with Crippen molar-refractivity contribution in [2.75, 3.05) is 0 Å². The SMILES string of the molecule is CC(C)(C)OC(=O)NCc1ccc2c(c1O)CN(C1CCC(=O)NC1=O)C2=O. The maximum absolute atomic E-state index is 12.7. The van der Waals surface area contributed by atoms with Crippen LogP contribution in [-0.2, 0) is 27.4 Å². The third-order valence-electron chi connectivity index (χ3n) is 4.59. The summed E-state index contributed by atoms with van der Waals surface area (Å²) >= 11 is 0. The number of imide groups is 1. The van der Waals surface area contributed by atoms with Crippen LogP contribution in [0.15, 0.2) is 12.1 Å². The van der Waals surface area contributed by atoms with Crippen molar-refractivity contribution >= 4 is 23.8 Å². The molecular formula is C19H23N3O6. The van der Waals surface area contributed by atoms with E-state index in [1.54, 1.807) is 32.9 Å². The fraction of sp³-hybridized carbons (Fsp3) is 0.474. The summed E-state index contributed by atoms with van der Waals surface area (Å²) in [6.45, 7) is 5.32. The molecule has 28 heavy (non-hydrogen) atoms. The number of carbonyl (C=O) groups excluding carboxylic acids is 4. The number of amides is 4. The van der Waals surface area contributed by atoms with E-state index in [9.17, 15) is 24.3 Å². The molecule has 0 radical (unpaired) electrons. The van der Waals surface area contributed by atoms with Crippen molar-refractivity contribution in [2.45, 2.75) is 58.3 Å². The smallest absolute Gasteiger partial charge is 0.407 e. The van der Waals surface area contributed by atoms with Crippen molar-refractivity contribution in [3.05, 3.63) is 28.8 Å². The summed E-state index contributed by atoms with van der Waals surface area (Å²) < 4.78 is 5.16. The highest BCUT2D eigenvalue weighted by atomic mass is 16.6. The minimum absolute atomic E-state index is 0.0284. The second-order valence-electron chi connectivity index (χ2n) is 7.85. The predicted octanol–water partition coefficient (Wildman–Crippen LogP) is 1.18. The van der Waals surface area contributed by atoms with Crippen molar-refractivity contribution in [1.29, 1.82) is 0 Å². The Morgan fingerprint density at radius 1 is 1.32 bits per heavy atom. The molecule has 1 fully saturated rings. The van der Waals surface area contributed by atoms with Crippen molar-refractivity contribution in [1.82, 2.24) is 15.5 Å². The van der Waals surface area contributed by atoms with Crippen molar-refractivity contribution < 1.29 is 29.0 Å². The zero-order chi connectivity index (χ0) is 20.6. The van der Waals surface area contributed by atoms with Crippen LogP contribution in [0.2, 0.25) is 0 Å². The Kier molecular flexibility index (Phi) is 5.01. The second kappa shape index (κ2) is 7.14. The number of benzene rings is 1. The molecule has 0 aromatic heterocycles. The average Bonchev–Trinajstić information content (AvgIpc) is 2.90. The fourth-order valence-corrected chi connectivity index (χ4v) is 3.30. The van der Waals surface area contributed by atoms with E-state index in [1.807, 2.05) is 0 Å². The Bertz CT molecular complexity index is 858. The number of phenolic OH excluding ortho intramolecular Hbond substituents is 1. The molecule has 9 nitrogen and oxygen atoms in total. The van der Waals surface area contributed by atoms with Gasteiger partial charge in [0.2, 0.25) is 11.8 Å². The van der Waals surface area contributed by atoms with Crippen LogP contribution in [0.4, 0.5) is 4.79 Å². The molecule has 0 saturated carbocycles. The summed E-state index contributed by atoms with van der Waals surface area (Å²) in [4.78, 5) is 49.2. The summed E-state index contributed by atoms with van der Waals surface area (Å²) in [5, 5.41) is 15.4. The molecule has 4 amide bonds. The van der Waals surface area contributed by atoms with Gasteiger partial charge in [0.05, 0.1) is 6.54 Å². The first-order chi connectivity index (χ1) is 13.1. The van der Waals surface area contributed by atoms with E-state index < -0.39 is 23.6 Å². The maximum Gasteiger partial charge on any atom is 0.407 e. The number of nitrogens with one attached hydrogen (secondary N) is 2. The number of hydrogen-bond donors (Lipinski definition) is 3. The molecule has 2 aliphatic rings. The molecule has 9 heteroatoms. The number of fused-ring (bicyclic) bond motifs is 1. The first-order valence-corrected chi connectivity index (χ1v) is 9.02. The monoisotopic (exact) mass is 389 g/mol. The minimum Gasteiger partial charge on any atom is -0.507 e. The highest BCUT2D eigenvalue weighted by Crippen LogP contribution is 2.35. The van der Waals surface area contributed by atoms with Crippen LogP contribution in [-0.4, -0.2) is 45.5 Å². The van der Waals surface area contributed by atoms with Gasteiger partial charge in [0.1, 0.15) is 17.4 Å². The average molecular weight is 389 g/mol. The molecule has 1 aromatic rings. The van der Waals surface area contributed by atoms with E-state index >= 15 is 0 Å². The van der Waals surface area contributed by atoms with Gasteiger partial charge in [-0.15, -0.1) is 0 Å². The number of alkyl carbamates (subject to hydrolysis) is 1. The van der Waals surface area contributed by atoms with Gasteiger partial charge in [-0.3, -0.25) is 19.7 Å². The van der Waals surface area contributed by atoms with Gasteiger partial charge in [-0.2, -0.15) is 0 Å². The van der Waals surface area contributed by atoms with Gasteiger partial charge in [0, 0.05) is 29.7 Å². The lowest BCUT2D eigenvalue weighted by molar-refractivity contribution is -0.136. The Labute approximate surface area is 162 Å². The molecule has 2 heterocycles. The van der Waals surface area contributed by atoms with Crippen LogP contribution in [0.5, 0.6) is 5.75 Å². The molecule has 0 aliphatic carbocycles. The Hall–Kier alpha value is -3.10. The Morgan fingerprint density at radius 2 is 2.04 bits per heavy atom. The van der Waals surface area contributed by atoms with Gasteiger partial charge in [-0.1, -0.05) is 6.07 Å². The first-order valence-electron chi connectivity index (χ1n) is 9.02. The molecule has 150 valence electrons. The van der Waals surface area contributed by atoms with Gasteiger partial charge in [0.25, 0.3) is 5.91 Å². The lowest BCUT2D eigenvalue weighted by atomic mass is 10.0. The Morgan fingerprint density at radius 3 is 2.68 bits per heavy atom. The summed E-state index contributed by atoms with van der Waals surface area (Å²) in [5.41, 5.74) is 0.503.